The van der Waals surface area contributed by atoms with Gasteiger partial charge in [0, 0.05) is 30.5 Å². The predicted octanol–water partition coefficient (Wildman–Crippen LogP) is 3.05. The summed E-state index contributed by atoms with van der Waals surface area (Å²) in [5.41, 5.74) is 2.21. The third-order valence-corrected chi connectivity index (χ3v) is 4.73. The maximum absolute atomic E-state index is 12.6. The SMILES string of the molecule is Cc1ccc(N(C)C(=O)c2ccn(C3CCCNC3)n2)cc1Cl. The van der Waals surface area contributed by atoms with E-state index in [1.54, 1.807) is 24.1 Å². The quantitative estimate of drug-likeness (QED) is 0.939. The van der Waals surface area contributed by atoms with Crippen LogP contribution < -0.4 is 10.2 Å². The van der Waals surface area contributed by atoms with Gasteiger partial charge in [0.15, 0.2) is 5.69 Å². The summed E-state index contributed by atoms with van der Waals surface area (Å²) in [4.78, 5) is 14.2. The van der Waals surface area contributed by atoms with Crippen molar-refractivity contribution in [3.63, 3.8) is 0 Å². The van der Waals surface area contributed by atoms with Crippen LogP contribution in [0, 0.1) is 6.92 Å². The summed E-state index contributed by atoms with van der Waals surface area (Å²) in [6, 6.07) is 7.71. The van der Waals surface area contributed by atoms with E-state index in [0.29, 0.717) is 16.8 Å². The Morgan fingerprint density at radius 3 is 2.96 bits per heavy atom. The Bertz CT molecular complexity index is 706. The Hall–Kier alpha value is -1.85. The predicted molar refractivity (Wildman–Crippen MR) is 92.3 cm³/mol. The summed E-state index contributed by atoms with van der Waals surface area (Å²) in [5.74, 6) is -0.132. The molecular formula is C17H21ClN4O. The molecule has 1 fully saturated rings. The van der Waals surface area contributed by atoms with Crippen molar-refractivity contribution in [2.24, 2.45) is 0 Å². The fourth-order valence-electron chi connectivity index (χ4n) is 2.79. The molecule has 2 heterocycles. The number of nitrogens with zero attached hydrogens (tertiary/aromatic N) is 3. The van der Waals surface area contributed by atoms with Crippen molar-refractivity contribution in [3.8, 4) is 0 Å². The molecule has 0 saturated carbocycles. The van der Waals surface area contributed by atoms with Gasteiger partial charge in [-0.15, -0.1) is 0 Å². The standard InChI is InChI=1S/C17H21ClN4O/c1-12-5-6-13(10-15(12)18)21(2)17(23)16-7-9-22(20-16)14-4-3-8-19-11-14/h5-7,9-10,14,19H,3-4,8,11H2,1-2H3. The van der Waals surface area contributed by atoms with E-state index in [4.69, 9.17) is 11.6 Å². The summed E-state index contributed by atoms with van der Waals surface area (Å²) in [7, 11) is 1.74. The van der Waals surface area contributed by atoms with E-state index >= 15 is 0 Å². The third kappa shape index (κ3) is 3.41. The van der Waals surface area contributed by atoms with E-state index in [-0.39, 0.29) is 5.91 Å². The highest BCUT2D eigenvalue weighted by molar-refractivity contribution is 6.31. The molecule has 0 aliphatic carbocycles. The van der Waals surface area contributed by atoms with Crippen LogP contribution in [0.15, 0.2) is 30.5 Å². The maximum Gasteiger partial charge on any atom is 0.278 e. The number of aryl methyl sites for hydroxylation is 1. The maximum atomic E-state index is 12.6. The first-order chi connectivity index (χ1) is 11.1. The molecule has 6 heteroatoms. The van der Waals surface area contributed by atoms with Crippen LogP contribution in [0.5, 0.6) is 0 Å². The summed E-state index contributed by atoms with van der Waals surface area (Å²) in [6.07, 6.45) is 4.11. The molecule has 1 amide bonds. The van der Waals surface area contributed by atoms with Crippen LogP contribution in [0.3, 0.4) is 0 Å². The normalized spacial score (nSPS) is 18.0. The van der Waals surface area contributed by atoms with E-state index in [1.807, 2.05) is 29.9 Å². The van der Waals surface area contributed by atoms with Crippen LogP contribution in [0.1, 0.15) is 34.9 Å². The summed E-state index contributed by atoms with van der Waals surface area (Å²) < 4.78 is 1.90. The fraction of sp³-hybridized carbons (Fsp3) is 0.412. The highest BCUT2D eigenvalue weighted by Crippen LogP contribution is 2.23. The second kappa shape index (κ2) is 6.72. The second-order valence-corrected chi connectivity index (χ2v) is 6.39. The highest BCUT2D eigenvalue weighted by Gasteiger charge is 2.20. The minimum atomic E-state index is -0.132. The average molecular weight is 333 g/mol. The molecule has 1 N–H and O–H groups in total. The number of piperidine rings is 1. The zero-order valence-corrected chi connectivity index (χ0v) is 14.2. The number of hydrogen-bond donors (Lipinski definition) is 1. The van der Waals surface area contributed by atoms with Crippen molar-refractivity contribution < 1.29 is 4.79 Å². The molecule has 23 heavy (non-hydrogen) atoms. The largest absolute Gasteiger partial charge is 0.315 e. The molecule has 1 aliphatic heterocycles. The van der Waals surface area contributed by atoms with E-state index in [0.717, 1.165) is 37.2 Å². The van der Waals surface area contributed by atoms with Crippen molar-refractivity contribution in [1.29, 1.82) is 0 Å². The minimum absolute atomic E-state index is 0.132. The van der Waals surface area contributed by atoms with Crippen LogP contribution in [-0.2, 0) is 0 Å². The molecule has 0 bridgehead atoms. The lowest BCUT2D eigenvalue weighted by Gasteiger charge is -2.23. The van der Waals surface area contributed by atoms with Crippen molar-refractivity contribution in [1.82, 2.24) is 15.1 Å². The van der Waals surface area contributed by atoms with Crippen LogP contribution in [0.4, 0.5) is 5.69 Å². The molecule has 122 valence electrons. The Labute approximate surface area is 141 Å². The molecule has 1 aliphatic rings. The Kier molecular flexibility index (Phi) is 4.68. The summed E-state index contributed by atoms with van der Waals surface area (Å²) in [6.45, 7) is 3.90. The molecule has 2 aromatic rings. The Morgan fingerprint density at radius 1 is 1.43 bits per heavy atom. The number of halogens is 1. The van der Waals surface area contributed by atoms with Crippen molar-refractivity contribution >= 4 is 23.2 Å². The van der Waals surface area contributed by atoms with Crippen LogP contribution >= 0.6 is 11.6 Å². The van der Waals surface area contributed by atoms with Gasteiger partial charge in [-0.2, -0.15) is 5.10 Å². The fourth-order valence-corrected chi connectivity index (χ4v) is 2.97. The molecule has 1 saturated heterocycles. The highest BCUT2D eigenvalue weighted by atomic mass is 35.5. The van der Waals surface area contributed by atoms with E-state index in [9.17, 15) is 4.79 Å². The van der Waals surface area contributed by atoms with Gasteiger partial charge in [0.1, 0.15) is 0 Å². The van der Waals surface area contributed by atoms with E-state index in [2.05, 4.69) is 10.4 Å². The first-order valence-corrected chi connectivity index (χ1v) is 8.24. The molecule has 1 aromatic carbocycles. The van der Waals surface area contributed by atoms with E-state index in [1.165, 1.54) is 0 Å². The van der Waals surface area contributed by atoms with Gasteiger partial charge in [0.25, 0.3) is 5.91 Å². The van der Waals surface area contributed by atoms with Gasteiger partial charge in [0.05, 0.1) is 6.04 Å². The zero-order chi connectivity index (χ0) is 16.4. The Morgan fingerprint density at radius 2 is 2.26 bits per heavy atom. The second-order valence-electron chi connectivity index (χ2n) is 5.98. The monoisotopic (exact) mass is 332 g/mol. The third-order valence-electron chi connectivity index (χ3n) is 4.32. The lowest BCUT2D eigenvalue weighted by Crippen LogP contribution is -2.32. The molecule has 3 rings (SSSR count). The lowest BCUT2D eigenvalue weighted by atomic mass is 10.1. The van der Waals surface area contributed by atoms with E-state index < -0.39 is 0 Å². The number of anilines is 1. The first kappa shape index (κ1) is 16.0. The number of nitrogens with one attached hydrogen (secondary N) is 1. The molecule has 1 unspecified atom stereocenters. The average Bonchev–Trinajstić information content (AvgIpc) is 3.07. The molecular weight excluding hydrogens is 312 g/mol. The number of amides is 1. The number of hydrogen-bond acceptors (Lipinski definition) is 3. The number of aromatic nitrogens is 2. The van der Waals surface area contributed by atoms with Gasteiger partial charge < -0.3 is 10.2 Å². The van der Waals surface area contributed by atoms with Crippen molar-refractivity contribution in [2.45, 2.75) is 25.8 Å². The molecule has 0 spiro atoms. The zero-order valence-electron chi connectivity index (χ0n) is 13.4. The Balaban J connectivity index is 1.76. The van der Waals surface area contributed by atoms with Crippen LogP contribution in [-0.4, -0.2) is 35.8 Å². The number of carbonyl (C=O) groups excluding carboxylic acids is 1. The van der Waals surface area contributed by atoms with Gasteiger partial charge >= 0.3 is 0 Å². The van der Waals surface area contributed by atoms with Crippen LogP contribution in [0.2, 0.25) is 5.02 Å². The van der Waals surface area contributed by atoms with Crippen LogP contribution in [0.25, 0.3) is 0 Å². The summed E-state index contributed by atoms with van der Waals surface area (Å²) >= 11 is 6.15. The van der Waals surface area contributed by atoms with Gasteiger partial charge in [0.2, 0.25) is 0 Å². The minimum Gasteiger partial charge on any atom is -0.315 e. The number of rotatable bonds is 3. The topological polar surface area (TPSA) is 50.2 Å². The lowest BCUT2D eigenvalue weighted by molar-refractivity contribution is 0.0987. The molecule has 1 atom stereocenters. The van der Waals surface area contributed by atoms with Crippen molar-refractivity contribution in [2.75, 3.05) is 25.0 Å². The first-order valence-electron chi connectivity index (χ1n) is 7.86. The van der Waals surface area contributed by atoms with Gasteiger partial charge in [-0.3, -0.25) is 9.48 Å². The number of carbonyl (C=O) groups is 1. The smallest absolute Gasteiger partial charge is 0.278 e. The molecule has 1 aromatic heterocycles. The van der Waals surface area contributed by atoms with Crippen molar-refractivity contribution in [3.05, 3.63) is 46.7 Å². The van der Waals surface area contributed by atoms with Gasteiger partial charge in [-0.1, -0.05) is 17.7 Å². The van der Waals surface area contributed by atoms with Gasteiger partial charge in [-0.05, 0) is 50.1 Å². The summed E-state index contributed by atoms with van der Waals surface area (Å²) in [5, 5.41) is 8.49. The molecule has 5 nitrogen and oxygen atoms in total. The van der Waals surface area contributed by atoms with Gasteiger partial charge in [-0.25, -0.2) is 0 Å². The number of benzene rings is 1. The molecule has 0 radical (unpaired) electrons.